The topological polar surface area (TPSA) is 22.1 Å². The van der Waals surface area contributed by atoms with E-state index in [1.807, 2.05) is 12.1 Å². The number of hydrogen-bond donors (Lipinski definition) is 0. The molecule has 1 heterocycles. The Kier molecular flexibility index (Phi) is 5.72. The summed E-state index contributed by atoms with van der Waals surface area (Å²) in [4.78, 5) is 1.11. The van der Waals surface area contributed by atoms with E-state index in [-0.39, 0.29) is 11.6 Å². The van der Waals surface area contributed by atoms with Crippen molar-refractivity contribution >= 4 is 11.5 Å². The van der Waals surface area contributed by atoms with E-state index in [4.69, 9.17) is 4.74 Å². The molecule has 3 rings (SSSR count). The van der Waals surface area contributed by atoms with E-state index >= 15 is 0 Å². The molecule has 0 radical (unpaired) electrons. The first-order valence-corrected chi connectivity index (χ1v) is 9.84. The average Bonchev–Trinajstić information content (AvgIpc) is 3.16. The number of halogens is 1. The Labute approximate surface area is 158 Å². The smallest absolute Gasteiger partial charge is 0.165 e. The van der Waals surface area contributed by atoms with E-state index in [9.17, 15) is 4.39 Å². The van der Waals surface area contributed by atoms with Crippen LogP contribution in [-0.2, 0) is 19.3 Å². The molecule has 26 heavy (non-hydrogen) atoms. The van der Waals surface area contributed by atoms with Gasteiger partial charge in [-0.3, -0.25) is 0 Å². The molecule has 0 amide bonds. The zero-order chi connectivity index (χ0) is 18.7. The highest BCUT2D eigenvalue weighted by Gasteiger charge is 2.13. The molecule has 0 saturated carbocycles. The molecule has 0 bridgehead atoms. The second-order valence-corrected chi connectivity index (χ2v) is 7.06. The highest BCUT2D eigenvalue weighted by Crippen LogP contribution is 2.34. The molecule has 0 spiro atoms. The summed E-state index contributed by atoms with van der Waals surface area (Å²) >= 11 is 1.46. The third-order valence-corrected chi connectivity index (χ3v) is 5.63. The first-order chi connectivity index (χ1) is 12.6. The van der Waals surface area contributed by atoms with Crippen LogP contribution in [0.25, 0.3) is 21.7 Å². The molecular formula is C22H24FNOS. The summed E-state index contributed by atoms with van der Waals surface area (Å²) in [6.07, 6.45) is 3.12. The van der Waals surface area contributed by atoms with Crippen LogP contribution >= 0.6 is 11.5 Å². The van der Waals surface area contributed by atoms with Crippen molar-refractivity contribution in [2.45, 2.75) is 40.0 Å². The van der Waals surface area contributed by atoms with Gasteiger partial charge in [-0.1, -0.05) is 32.9 Å². The first-order valence-electron chi connectivity index (χ1n) is 9.06. The van der Waals surface area contributed by atoms with Crippen LogP contribution in [0.4, 0.5) is 4.39 Å². The monoisotopic (exact) mass is 369 g/mol. The van der Waals surface area contributed by atoms with Crippen LogP contribution in [0.2, 0.25) is 0 Å². The SMILES string of the molecule is CCc1cc(-c2cc(-c3ccc(OC)c(F)c3)ns2)cc(CC)c1CC. The molecule has 0 aliphatic carbocycles. The van der Waals surface area contributed by atoms with Gasteiger partial charge in [0.05, 0.1) is 17.7 Å². The summed E-state index contributed by atoms with van der Waals surface area (Å²) < 4.78 is 23.5. The molecule has 136 valence electrons. The minimum absolute atomic E-state index is 0.250. The summed E-state index contributed by atoms with van der Waals surface area (Å²) in [5, 5.41) is 0. The fourth-order valence-electron chi connectivity index (χ4n) is 3.40. The number of nitrogens with zero attached hydrogens (tertiary/aromatic N) is 1. The molecule has 2 nitrogen and oxygen atoms in total. The van der Waals surface area contributed by atoms with Crippen molar-refractivity contribution in [3.05, 3.63) is 58.9 Å². The van der Waals surface area contributed by atoms with Gasteiger partial charge >= 0.3 is 0 Å². The number of ether oxygens (including phenoxy) is 1. The van der Waals surface area contributed by atoms with Gasteiger partial charge in [-0.25, -0.2) is 4.39 Å². The predicted octanol–water partition coefficient (Wildman–Crippen LogP) is 6.31. The standard InChI is InChI=1S/C22H24FNOS/c1-5-14-10-17(11-15(6-2)18(14)7-3)22-13-20(24-26-22)16-8-9-21(25-4)19(23)12-16/h8-13H,5-7H2,1-4H3. The van der Waals surface area contributed by atoms with Gasteiger partial charge in [-0.2, -0.15) is 4.37 Å². The predicted molar refractivity (Wildman–Crippen MR) is 108 cm³/mol. The second kappa shape index (κ2) is 8.00. The lowest BCUT2D eigenvalue weighted by Crippen LogP contribution is -1.98. The van der Waals surface area contributed by atoms with Crippen molar-refractivity contribution in [2.24, 2.45) is 0 Å². The Balaban J connectivity index is 2.01. The molecule has 0 unspecified atom stereocenters. The van der Waals surface area contributed by atoms with E-state index in [0.29, 0.717) is 0 Å². The van der Waals surface area contributed by atoms with Gasteiger partial charge in [0, 0.05) is 5.56 Å². The fourth-order valence-corrected chi connectivity index (χ4v) is 4.14. The van der Waals surface area contributed by atoms with Gasteiger partial charge in [0.2, 0.25) is 0 Å². The number of rotatable bonds is 6. The molecule has 0 N–H and O–H groups in total. The van der Waals surface area contributed by atoms with Crippen LogP contribution in [0.15, 0.2) is 36.4 Å². The van der Waals surface area contributed by atoms with Gasteiger partial charge in [-0.15, -0.1) is 0 Å². The number of hydrogen-bond acceptors (Lipinski definition) is 3. The molecule has 0 aliphatic rings. The maximum atomic E-state index is 14.0. The minimum atomic E-state index is -0.367. The molecule has 0 atom stereocenters. The van der Waals surface area contributed by atoms with Gasteiger partial charge in [0.1, 0.15) is 0 Å². The van der Waals surface area contributed by atoms with E-state index in [1.165, 1.54) is 47.0 Å². The second-order valence-electron chi connectivity index (χ2n) is 6.26. The summed E-state index contributed by atoms with van der Waals surface area (Å²) in [5.41, 5.74) is 7.05. The maximum Gasteiger partial charge on any atom is 0.165 e. The molecule has 3 aromatic rings. The van der Waals surface area contributed by atoms with Crippen LogP contribution in [0.1, 0.15) is 37.5 Å². The van der Waals surface area contributed by atoms with Crippen LogP contribution < -0.4 is 4.74 Å². The van der Waals surface area contributed by atoms with Gasteiger partial charge < -0.3 is 4.74 Å². The van der Waals surface area contributed by atoms with Crippen molar-refractivity contribution in [1.29, 1.82) is 0 Å². The Morgan fingerprint density at radius 1 is 0.923 bits per heavy atom. The summed E-state index contributed by atoms with van der Waals surface area (Å²) in [6.45, 7) is 6.63. The van der Waals surface area contributed by atoms with Crippen LogP contribution in [0.3, 0.4) is 0 Å². The van der Waals surface area contributed by atoms with E-state index in [2.05, 4.69) is 37.3 Å². The van der Waals surface area contributed by atoms with Crippen LogP contribution in [0, 0.1) is 5.82 Å². The average molecular weight is 370 g/mol. The normalized spacial score (nSPS) is 11.0. The third kappa shape index (κ3) is 3.51. The van der Waals surface area contributed by atoms with Crippen molar-refractivity contribution < 1.29 is 9.13 Å². The van der Waals surface area contributed by atoms with E-state index in [0.717, 1.165) is 35.4 Å². The lowest BCUT2D eigenvalue weighted by atomic mass is 9.92. The summed E-state index contributed by atoms with van der Waals surface area (Å²) in [7, 11) is 1.47. The maximum absolute atomic E-state index is 14.0. The Morgan fingerprint density at radius 2 is 1.62 bits per heavy atom. The lowest BCUT2D eigenvalue weighted by molar-refractivity contribution is 0.386. The number of aryl methyl sites for hydroxylation is 2. The molecule has 0 aliphatic heterocycles. The van der Waals surface area contributed by atoms with Gasteiger partial charge in [0.25, 0.3) is 0 Å². The molecule has 0 fully saturated rings. The molecule has 4 heteroatoms. The summed E-state index contributed by atoms with van der Waals surface area (Å²) in [5.74, 6) is -0.118. The van der Waals surface area contributed by atoms with E-state index < -0.39 is 0 Å². The highest BCUT2D eigenvalue weighted by atomic mass is 32.1. The van der Waals surface area contributed by atoms with Crippen molar-refractivity contribution in [3.63, 3.8) is 0 Å². The van der Waals surface area contributed by atoms with Crippen LogP contribution in [-0.4, -0.2) is 11.5 Å². The molecule has 0 saturated heterocycles. The third-order valence-electron chi connectivity index (χ3n) is 4.79. The zero-order valence-electron chi connectivity index (χ0n) is 15.7. The number of methoxy groups -OCH3 is 1. The molecule has 1 aromatic heterocycles. The Morgan fingerprint density at radius 3 is 2.15 bits per heavy atom. The Bertz CT molecular complexity index is 891. The molecular weight excluding hydrogens is 345 g/mol. The van der Waals surface area contributed by atoms with Gasteiger partial charge in [0.15, 0.2) is 11.6 Å². The van der Waals surface area contributed by atoms with Crippen molar-refractivity contribution in [3.8, 4) is 27.4 Å². The number of benzene rings is 2. The van der Waals surface area contributed by atoms with Crippen molar-refractivity contribution in [2.75, 3.05) is 7.11 Å². The summed E-state index contributed by atoms with van der Waals surface area (Å²) in [6, 6.07) is 11.6. The quantitative estimate of drug-likeness (QED) is 0.508. The fraction of sp³-hybridized carbons (Fsp3) is 0.318. The lowest BCUT2D eigenvalue weighted by Gasteiger charge is -2.13. The number of aromatic nitrogens is 1. The van der Waals surface area contributed by atoms with Crippen LogP contribution in [0.5, 0.6) is 5.75 Å². The van der Waals surface area contributed by atoms with E-state index in [1.54, 1.807) is 6.07 Å². The Hall–Kier alpha value is -2.20. The zero-order valence-corrected chi connectivity index (χ0v) is 16.5. The molecule has 2 aromatic carbocycles. The first kappa shape index (κ1) is 18.6. The highest BCUT2D eigenvalue weighted by molar-refractivity contribution is 7.09. The van der Waals surface area contributed by atoms with Gasteiger partial charge in [-0.05, 0) is 77.3 Å². The largest absolute Gasteiger partial charge is 0.494 e. The van der Waals surface area contributed by atoms with Crippen molar-refractivity contribution in [1.82, 2.24) is 4.37 Å². The minimum Gasteiger partial charge on any atom is -0.494 e.